The zero-order valence-electron chi connectivity index (χ0n) is 13.5. The molecule has 2 heterocycles. The molecule has 0 unspecified atom stereocenters. The smallest absolute Gasteiger partial charge is 0.416 e. The Kier molecular flexibility index (Phi) is 6.16. The van der Waals surface area contributed by atoms with Gasteiger partial charge in [-0.1, -0.05) is 0 Å². The standard InChI is InChI=1S/C15H11F3N2.C3H6O2/c16-15(17,18)13-1-2-14-12(9-13)5-8-20(14)10-11-3-6-19-7-4-11;1-2-5-3-4/h1-9H,10H2;3H,2H2,1H3. The molecular weight excluding hydrogens is 333 g/mol. The van der Waals surface area contributed by atoms with Gasteiger partial charge in [0.25, 0.3) is 6.47 Å². The first kappa shape index (κ1) is 18.5. The summed E-state index contributed by atoms with van der Waals surface area (Å²) >= 11 is 0. The second-order valence-corrected chi connectivity index (χ2v) is 5.12. The van der Waals surface area contributed by atoms with Crippen molar-refractivity contribution >= 4 is 17.4 Å². The molecule has 0 bridgehead atoms. The SMILES string of the molecule is CCOC=O.FC(F)(F)c1ccc2c(ccn2Cc2ccncc2)c1. The Labute approximate surface area is 142 Å². The molecule has 0 spiro atoms. The third-order valence-electron chi connectivity index (χ3n) is 3.44. The molecule has 1 aromatic carbocycles. The van der Waals surface area contributed by atoms with Crippen molar-refractivity contribution in [2.24, 2.45) is 0 Å². The van der Waals surface area contributed by atoms with Crippen LogP contribution in [0.15, 0.2) is 55.0 Å². The summed E-state index contributed by atoms with van der Waals surface area (Å²) in [6, 6.07) is 9.28. The number of carbonyl (C=O) groups is 1. The summed E-state index contributed by atoms with van der Waals surface area (Å²) in [5.41, 5.74) is 1.22. The van der Waals surface area contributed by atoms with Gasteiger partial charge in [0.05, 0.1) is 12.2 Å². The molecule has 3 rings (SSSR count). The summed E-state index contributed by atoms with van der Waals surface area (Å²) in [7, 11) is 0. The van der Waals surface area contributed by atoms with Crippen molar-refractivity contribution in [1.82, 2.24) is 9.55 Å². The van der Waals surface area contributed by atoms with E-state index in [4.69, 9.17) is 0 Å². The van der Waals surface area contributed by atoms with Gasteiger partial charge in [0, 0.05) is 36.0 Å². The molecule has 0 aliphatic carbocycles. The van der Waals surface area contributed by atoms with Gasteiger partial charge in [-0.3, -0.25) is 9.78 Å². The van der Waals surface area contributed by atoms with Crippen LogP contribution in [0.1, 0.15) is 18.1 Å². The van der Waals surface area contributed by atoms with Crippen molar-refractivity contribution < 1.29 is 22.7 Å². The second-order valence-electron chi connectivity index (χ2n) is 5.12. The number of carbonyl (C=O) groups excluding carboxylic acids is 1. The zero-order chi connectivity index (χ0) is 18.3. The first-order valence-corrected chi connectivity index (χ1v) is 7.56. The lowest BCUT2D eigenvalue weighted by molar-refractivity contribution is -0.137. The van der Waals surface area contributed by atoms with E-state index >= 15 is 0 Å². The zero-order valence-corrected chi connectivity index (χ0v) is 13.5. The number of alkyl halides is 3. The minimum atomic E-state index is -4.30. The molecule has 2 aromatic heterocycles. The van der Waals surface area contributed by atoms with Crippen molar-refractivity contribution in [3.8, 4) is 0 Å². The molecule has 25 heavy (non-hydrogen) atoms. The van der Waals surface area contributed by atoms with E-state index in [9.17, 15) is 18.0 Å². The van der Waals surface area contributed by atoms with E-state index in [1.165, 1.54) is 12.1 Å². The monoisotopic (exact) mass is 350 g/mol. The van der Waals surface area contributed by atoms with E-state index in [2.05, 4.69) is 9.72 Å². The number of halogens is 3. The minimum absolute atomic E-state index is 0.431. The van der Waals surface area contributed by atoms with Crippen LogP contribution in [0.3, 0.4) is 0 Å². The van der Waals surface area contributed by atoms with Gasteiger partial charge in [0.1, 0.15) is 0 Å². The van der Waals surface area contributed by atoms with Gasteiger partial charge in [-0.15, -0.1) is 0 Å². The molecule has 3 aromatic rings. The average Bonchev–Trinajstić information content (AvgIpc) is 2.99. The number of pyridine rings is 1. The normalized spacial score (nSPS) is 10.9. The number of hydrogen-bond acceptors (Lipinski definition) is 3. The van der Waals surface area contributed by atoms with E-state index in [0.29, 0.717) is 25.0 Å². The number of ether oxygens (including phenoxy) is 1. The van der Waals surface area contributed by atoms with Crippen LogP contribution >= 0.6 is 0 Å². The predicted molar refractivity (Wildman–Crippen MR) is 88.0 cm³/mol. The topological polar surface area (TPSA) is 44.1 Å². The molecule has 0 radical (unpaired) electrons. The van der Waals surface area contributed by atoms with Crippen molar-refractivity contribution in [3.63, 3.8) is 0 Å². The van der Waals surface area contributed by atoms with Crippen LogP contribution in [0.25, 0.3) is 10.9 Å². The molecule has 0 atom stereocenters. The number of fused-ring (bicyclic) bond motifs is 1. The van der Waals surface area contributed by atoms with Gasteiger partial charge >= 0.3 is 6.18 Å². The number of hydrogen-bond donors (Lipinski definition) is 0. The van der Waals surface area contributed by atoms with Crippen LogP contribution in [-0.2, 0) is 22.3 Å². The number of benzene rings is 1. The molecule has 0 aliphatic heterocycles. The van der Waals surface area contributed by atoms with E-state index in [1.54, 1.807) is 31.6 Å². The maximum Gasteiger partial charge on any atom is 0.416 e. The maximum absolute atomic E-state index is 12.7. The third-order valence-corrected chi connectivity index (χ3v) is 3.44. The Hall–Kier alpha value is -2.83. The molecule has 0 fully saturated rings. The van der Waals surface area contributed by atoms with Crippen molar-refractivity contribution in [3.05, 3.63) is 66.1 Å². The quantitative estimate of drug-likeness (QED) is 0.660. The van der Waals surface area contributed by atoms with E-state index in [1.807, 2.05) is 16.7 Å². The lowest BCUT2D eigenvalue weighted by Gasteiger charge is -2.08. The largest absolute Gasteiger partial charge is 0.468 e. The number of nitrogens with zero attached hydrogens (tertiary/aromatic N) is 2. The Balaban J connectivity index is 0.000000399. The molecule has 0 amide bonds. The van der Waals surface area contributed by atoms with E-state index in [-0.39, 0.29) is 0 Å². The van der Waals surface area contributed by atoms with Gasteiger partial charge in [0.2, 0.25) is 0 Å². The lowest BCUT2D eigenvalue weighted by Crippen LogP contribution is -2.04. The van der Waals surface area contributed by atoms with Crippen LogP contribution in [0.5, 0.6) is 0 Å². The number of aromatic nitrogens is 2. The second kappa shape index (κ2) is 8.32. The van der Waals surface area contributed by atoms with Gasteiger partial charge in [-0.05, 0) is 48.9 Å². The predicted octanol–water partition coefficient (Wildman–Crippen LogP) is 4.28. The molecule has 0 aliphatic rings. The first-order valence-electron chi connectivity index (χ1n) is 7.56. The Morgan fingerprint density at radius 2 is 1.88 bits per heavy atom. The van der Waals surface area contributed by atoms with Crippen LogP contribution < -0.4 is 0 Å². The van der Waals surface area contributed by atoms with Crippen LogP contribution in [-0.4, -0.2) is 22.6 Å². The lowest BCUT2D eigenvalue weighted by atomic mass is 10.1. The molecule has 0 N–H and O–H groups in total. The molecule has 0 saturated carbocycles. The fraction of sp³-hybridized carbons (Fsp3) is 0.222. The average molecular weight is 350 g/mol. The van der Waals surface area contributed by atoms with Crippen LogP contribution in [0.2, 0.25) is 0 Å². The van der Waals surface area contributed by atoms with Crippen molar-refractivity contribution in [2.45, 2.75) is 19.6 Å². The third kappa shape index (κ3) is 5.07. The minimum Gasteiger partial charge on any atom is -0.468 e. The highest BCUT2D eigenvalue weighted by Crippen LogP contribution is 2.31. The van der Waals surface area contributed by atoms with Gasteiger partial charge in [0.15, 0.2) is 0 Å². The van der Waals surface area contributed by atoms with Gasteiger partial charge in [-0.25, -0.2) is 0 Å². The van der Waals surface area contributed by atoms with Crippen molar-refractivity contribution in [2.75, 3.05) is 6.61 Å². The van der Waals surface area contributed by atoms with Crippen LogP contribution in [0, 0.1) is 0 Å². The molecular formula is C18H17F3N2O2. The van der Waals surface area contributed by atoms with Gasteiger partial charge < -0.3 is 9.30 Å². The highest BCUT2D eigenvalue weighted by atomic mass is 19.4. The summed E-state index contributed by atoms with van der Waals surface area (Å²) in [5.74, 6) is 0. The Morgan fingerprint density at radius 1 is 1.16 bits per heavy atom. The molecule has 4 nitrogen and oxygen atoms in total. The van der Waals surface area contributed by atoms with E-state index < -0.39 is 11.7 Å². The van der Waals surface area contributed by atoms with Crippen LogP contribution in [0.4, 0.5) is 13.2 Å². The molecule has 0 saturated heterocycles. The highest BCUT2D eigenvalue weighted by Gasteiger charge is 2.30. The maximum atomic E-state index is 12.7. The summed E-state index contributed by atoms with van der Waals surface area (Å²) in [6.07, 6.45) is 0.887. The molecule has 132 valence electrons. The fourth-order valence-corrected chi connectivity index (χ4v) is 2.27. The molecule has 7 heteroatoms. The van der Waals surface area contributed by atoms with E-state index in [0.717, 1.165) is 17.1 Å². The first-order chi connectivity index (χ1) is 12.0. The fourth-order valence-electron chi connectivity index (χ4n) is 2.27. The highest BCUT2D eigenvalue weighted by molar-refractivity contribution is 5.81. The number of rotatable bonds is 4. The van der Waals surface area contributed by atoms with Crippen molar-refractivity contribution in [1.29, 1.82) is 0 Å². The Bertz CT molecular complexity index is 814. The Morgan fingerprint density at radius 3 is 2.44 bits per heavy atom. The summed E-state index contributed by atoms with van der Waals surface area (Å²) < 4.78 is 44.0. The van der Waals surface area contributed by atoms with Gasteiger partial charge in [-0.2, -0.15) is 13.2 Å². The summed E-state index contributed by atoms with van der Waals surface area (Å²) in [5, 5.41) is 0.592. The summed E-state index contributed by atoms with van der Waals surface area (Å²) in [6.45, 7) is 3.27. The summed E-state index contributed by atoms with van der Waals surface area (Å²) in [4.78, 5) is 13.1.